The number of benzene rings is 3. The van der Waals surface area contributed by atoms with E-state index in [1.54, 1.807) is 47.3 Å². The Kier molecular flexibility index (Phi) is 4.79. The van der Waals surface area contributed by atoms with Crippen LogP contribution < -0.4 is 4.74 Å². The highest BCUT2D eigenvalue weighted by atomic mass is 35.5. The minimum atomic E-state index is -0.307. The first-order valence-corrected chi connectivity index (χ1v) is 8.76. The normalized spacial score (nSPS) is 10.8. The minimum Gasteiger partial charge on any atom is -0.454 e. The highest BCUT2D eigenvalue weighted by Gasteiger charge is 2.14. The summed E-state index contributed by atoms with van der Waals surface area (Å²) in [6.45, 7) is 0. The molecule has 1 heterocycles. The Hall–Kier alpha value is -2.89. The van der Waals surface area contributed by atoms with Gasteiger partial charge in [-0.05, 0) is 54.6 Å². The van der Waals surface area contributed by atoms with Crippen LogP contribution in [0.4, 0.5) is 4.39 Å². The Bertz CT molecular complexity index is 1100. The third-order valence-corrected chi connectivity index (χ3v) is 4.43. The third-order valence-electron chi connectivity index (χ3n) is 3.90. The first-order chi connectivity index (χ1) is 13.1. The van der Waals surface area contributed by atoms with E-state index in [1.165, 1.54) is 12.1 Å². The summed E-state index contributed by atoms with van der Waals surface area (Å²) in [4.78, 5) is 0. The third kappa shape index (κ3) is 3.65. The Morgan fingerprint density at radius 3 is 2.44 bits per heavy atom. The van der Waals surface area contributed by atoms with E-state index in [1.807, 2.05) is 18.2 Å². The lowest BCUT2D eigenvalue weighted by Crippen LogP contribution is -2.02. The van der Waals surface area contributed by atoms with Crippen molar-refractivity contribution >= 4 is 23.2 Å². The summed E-state index contributed by atoms with van der Waals surface area (Å²) in [5, 5.41) is 9.08. The van der Waals surface area contributed by atoms with Crippen LogP contribution in [0.2, 0.25) is 10.0 Å². The molecule has 0 amide bonds. The van der Waals surface area contributed by atoms with Gasteiger partial charge in [0.25, 0.3) is 0 Å². The van der Waals surface area contributed by atoms with Gasteiger partial charge in [0.05, 0.1) is 16.9 Å². The van der Waals surface area contributed by atoms with Crippen LogP contribution >= 0.6 is 23.2 Å². The van der Waals surface area contributed by atoms with Crippen LogP contribution in [0.25, 0.3) is 16.9 Å². The summed E-state index contributed by atoms with van der Waals surface area (Å²) in [5.74, 6) is 0.700. The number of hydrogen-bond acceptors (Lipinski definition) is 3. The fourth-order valence-electron chi connectivity index (χ4n) is 2.63. The second kappa shape index (κ2) is 7.39. The van der Waals surface area contributed by atoms with E-state index in [0.717, 1.165) is 5.56 Å². The van der Waals surface area contributed by atoms with Crippen LogP contribution in [0.3, 0.4) is 0 Å². The number of para-hydroxylation sites is 2. The molecule has 0 aliphatic carbocycles. The molecule has 0 aliphatic rings. The number of aromatic nitrogens is 3. The lowest BCUT2D eigenvalue weighted by atomic mass is 10.1. The molecular weight excluding hydrogens is 388 g/mol. The number of hydrogen-bond donors (Lipinski definition) is 0. The number of ether oxygens (including phenoxy) is 1. The monoisotopic (exact) mass is 399 g/mol. The van der Waals surface area contributed by atoms with Gasteiger partial charge in [0.1, 0.15) is 17.3 Å². The molecule has 0 aliphatic heterocycles. The van der Waals surface area contributed by atoms with Crippen molar-refractivity contribution in [3.8, 4) is 28.4 Å². The molecule has 7 heteroatoms. The zero-order chi connectivity index (χ0) is 18.8. The second-order valence-electron chi connectivity index (χ2n) is 5.68. The molecule has 0 atom stereocenters. The molecule has 0 fully saturated rings. The van der Waals surface area contributed by atoms with Crippen LogP contribution in [0.15, 0.2) is 72.9 Å². The number of nitrogens with zero attached hydrogens (tertiary/aromatic N) is 3. The van der Waals surface area contributed by atoms with Gasteiger partial charge in [0.15, 0.2) is 5.75 Å². The van der Waals surface area contributed by atoms with Crippen molar-refractivity contribution in [2.45, 2.75) is 0 Å². The molecule has 3 aromatic carbocycles. The zero-order valence-corrected chi connectivity index (χ0v) is 15.3. The smallest absolute Gasteiger partial charge is 0.153 e. The fourth-order valence-corrected chi connectivity index (χ4v) is 3.07. The van der Waals surface area contributed by atoms with E-state index >= 15 is 0 Å². The van der Waals surface area contributed by atoms with E-state index in [9.17, 15) is 4.39 Å². The van der Waals surface area contributed by atoms with E-state index in [0.29, 0.717) is 32.9 Å². The Balaban J connectivity index is 1.76. The minimum absolute atomic E-state index is 0.307. The maximum Gasteiger partial charge on any atom is 0.153 e. The van der Waals surface area contributed by atoms with Crippen molar-refractivity contribution in [2.24, 2.45) is 0 Å². The van der Waals surface area contributed by atoms with E-state index in [2.05, 4.69) is 10.3 Å². The molecule has 0 bridgehead atoms. The second-order valence-corrected chi connectivity index (χ2v) is 6.53. The largest absolute Gasteiger partial charge is 0.454 e. The maximum atomic E-state index is 13.2. The lowest BCUT2D eigenvalue weighted by Gasteiger charge is -2.13. The quantitative estimate of drug-likeness (QED) is 0.411. The van der Waals surface area contributed by atoms with Gasteiger partial charge in [-0.25, -0.2) is 9.07 Å². The molecule has 0 saturated carbocycles. The molecule has 134 valence electrons. The molecule has 0 saturated heterocycles. The van der Waals surface area contributed by atoms with Crippen molar-refractivity contribution in [1.29, 1.82) is 0 Å². The number of halogens is 3. The van der Waals surface area contributed by atoms with E-state index < -0.39 is 0 Å². The van der Waals surface area contributed by atoms with E-state index in [-0.39, 0.29) is 5.82 Å². The van der Waals surface area contributed by atoms with Crippen LogP contribution in [-0.2, 0) is 0 Å². The molecule has 1 aromatic heterocycles. The molecule has 4 rings (SSSR count). The van der Waals surface area contributed by atoms with Gasteiger partial charge < -0.3 is 4.74 Å². The van der Waals surface area contributed by atoms with Crippen molar-refractivity contribution < 1.29 is 9.13 Å². The van der Waals surface area contributed by atoms with Gasteiger partial charge in [-0.1, -0.05) is 40.5 Å². The standard InChI is InChI=1S/C20H12Cl2FN3O/c21-14-7-10-19(16(22)11-14)27-20-4-2-1-3-17(20)26-18(12-24-25-26)13-5-8-15(23)9-6-13/h1-12H. The Labute approximate surface area is 164 Å². The van der Waals surface area contributed by atoms with Gasteiger partial charge in [0.2, 0.25) is 0 Å². The van der Waals surface area contributed by atoms with Gasteiger partial charge in [0, 0.05) is 10.6 Å². The Morgan fingerprint density at radius 1 is 0.889 bits per heavy atom. The predicted molar refractivity (Wildman–Crippen MR) is 103 cm³/mol. The van der Waals surface area contributed by atoms with Crippen molar-refractivity contribution in [3.63, 3.8) is 0 Å². The summed E-state index contributed by atoms with van der Waals surface area (Å²) >= 11 is 12.2. The summed E-state index contributed by atoms with van der Waals surface area (Å²) < 4.78 is 20.9. The first-order valence-electron chi connectivity index (χ1n) is 8.01. The summed E-state index contributed by atoms with van der Waals surface area (Å²) in [6.07, 6.45) is 1.61. The molecule has 0 spiro atoms. The molecular formula is C20H12Cl2FN3O. The lowest BCUT2D eigenvalue weighted by molar-refractivity contribution is 0.478. The van der Waals surface area contributed by atoms with Crippen molar-refractivity contribution in [1.82, 2.24) is 15.0 Å². The molecule has 0 N–H and O–H groups in total. The highest BCUT2D eigenvalue weighted by Crippen LogP contribution is 2.35. The highest BCUT2D eigenvalue weighted by molar-refractivity contribution is 6.35. The summed E-state index contributed by atoms with van der Waals surface area (Å²) in [5.41, 5.74) is 2.15. The zero-order valence-electron chi connectivity index (χ0n) is 13.8. The average Bonchev–Trinajstić information content (AvgIpc) is 3.14. The molecule has 4 nitrogen and oxygen atoms in total. The summed E-state index contributed by atoms with van der Waals surface area (Å²) in [6, 6.07) is 18.5. The van der Waals surface area contributed by atoms with Gasteiger partial charge in [-0.3, -0.25) is 0 Å². The van der Waals surface area contributed by atoms with Gasteiger partial charge in [-0.15, -0.1) is 5.10 Å². The van der Waals surface area contributed by atoms with Crippen LogP contribution in [-0.4, -0.2) is 15.0 Å². The SMILES string of the molecule is Fc1ccc(-c2cnnn2-c2ccccc2Oc2ccc(Cl)cc2Cl)cc1. The van der Waals surface area contributed by atoms with E-state index in [4.69, 9.17) is 27.9 Å². The number of rotatable bonds is 4. The van der Waals surface area contributed by atoms with Gasteiger partial charge in [-0.2, -0.15) is 0 Å². The van der Waals surface area contributed by atoms with Crippen LogP contribution in [0, 0.1) is 5.82 Å². The topological polar surface area (TPSA) is 39.9 Å². The van der Waals surface area contributed by atoms with Crippen molar-refractivity contribution in [2.75, 3.05) is 0 Å². The van der Waals surface area contributed by atoms with Crippen molar-refractivity contribution in [3.05, 3.63) is 88.8 Å². The maximum absolute atomic E-state index is 13.2. The van der Waals surface area contributed by atoms with Gasteiger partial charge >= 0.3 is 0 Å². The molecule has 4 aromatic rings. The molecule has 0 unspecified atom stereocenters. The summed E-state index contributed by atoms with van der Waals surface area (Å²) in [7, 11) is 0. The predicted octanol–water partition coefficient (Wildman–Crippen LogP) is 6.17. The Morgan fingerprint density at radius 2 is 1.67 bits per heavy atom. The molecule has 27 heavy (non-hydrogen) atoms. The molecule has 0 radical (unpaired) electrons. The average molecular weight is 400 g/mol. The van der Waals surface area contributed by atoms with Crippen LogP contribution in [0.1, 0.15) is 0 Å². The fraction of sp³-hybridized carbons (Fsp3) is 0. The first kappa shape index (κ1) is 17.5. The van der Waals surface area contributed by atoms with Crippen LogP contribution in [0.5, 0.6) is 11.5 Å².